The van der Waals surface area contributed by atoms with Crippen molar-refractivity contribution in [3.05, 3.63) is 193 Å². The molecule has 0 amide bonds. The van der Waals surface area contributed by atoms with E-state index in [0.717, 1.165) is 36.4 Å². The van der Waals surface area contributed by atoms with E-state index in [1.807, 2.05) is 48.5 Å². The fourth-order valence-electron chi connectivity index (χ4n) is 10.5. The highest BCUT2D eigenvalue weighted by Crippen LogP contribution is 2.53. The van der Waals surface area contributed by atoms with E-state index >= 15 is 13.2 Å². The molecule has 13 aromatic rings. The molecule has 0 aliphatic heterocycles. The molecule has 0 bridgehead atoms. The monoisotopic (exact) mass is 944 g/mol. The summed E-state index contributed by atoms with van der Waals surface area (Å²) in [5, 5.41) is 4.99. The van der Waals surface area contributed by atoms with E-state index in [2.05, 4.69) is 0 Å². The van der Waals surface area contributed by atoms with E-state index in [4.69, 9.17) is 8.83 Å². The largest absolute Gasteiger partial charge is 0.454 e. The van der Waals surface area contributed by atoms with Crippen molar-refractivity contribution < 1.29 is 48.3 Å². The number of aromatic nitrogens is 2. The Labute approximate surface area is 388 Å². The first kappa shape index (κ1) is 41.7. The molecule has 0 N–H and O–H groups in total. The Morgan fingerprint density at radius 3 is 1.13 bits per heavy atom. The quantitative estimate of drug-likeness (QED) is 0.165. The normalized spacial score (nSPS) is 12.9. The van der Waals surface area contributed by atoms with Gasteiger partial charge in [-0.25, -0.2) is 0 Å². The number of halogens is 9. The highest BCUT2D eigenvalue weighted by Gasteiger charge is 2.43. The van der Waals surface area contributed by atoms with Crippen LogP contribution in [0.25, 0.3) is 121 Å². The molecule has 4 aromatic heterocycles. The fraction of sp³-hybridized carbons (Fsp3) is 0.0526. The molecule has 342 valence electrons. The number of rotatable bonds is 4. The summed E-state index contributed by atoms with van der Waals surface area (Å²) in [6, 6.07) is 44.3. The van der Waals surface area contributed by atoms with Gasteiger partial charge in [-0.3, -0.25) is 0 Å². The average molecular weight is 945 g/mol. The van der Waals surface area contributed by atoms with Crippen LogP contribution in [-0.4, -0.2) is 9.13 Å². The van der Waals surface area contributed by atoms with Gasteiger partial charge in [0.2, 0.25) is 0 Å². The zero-order chi connectivity index (χ0) is 48.0. The number of para-hydroxylation sites is 4. The lowest BCUT2D eigenvalue weighted by Gasteiger charge is -2.27. The van der Waals surface area contributed by atoms with E-state index in [-0.39, 0.29) is 11.4 Å². The lowest BCUT2D eigenvalue weighted by atomic mass is 9.87. The van der Waals surface area contributed by atoms with Gasteiger partial charge in [-0.2, -0.15) is 39.5 Å². The molecule has 70 heavy (non-hydrogen) atoms. The van der Waals surface area contributed by atoms with Gasteiger partial charge in [0.25, 0.3) is 0 Å². The Kier molecular flexibility index (Phi) is 8.66. The minimum Gasteiger partial charge on any atom is -0.454 e. The van der Waals surface area contributed by atoms with Crippen molar-refractivity contribution in [2.75, 3.05) is 0 Å². The number of alkyl halides is 9. The third-order valence-corrected chi connectivity index (χ3v) is 13.4. The molecule has 0 aliphatic carbocycles. The van der Waals surface area contributed by atoms with Crippen LogP contribution in [0.5, 0.6) is 0 Å². The molecule has 0 saturated heterocycles. The van der Waals surface area contributed by atoms with Crippen molar-refractivity contribution in [2.24, 2.45) is 0 Å². The molecule has 0 saturated carbocycles. The summed E-state index contributed by atoms with van der Waals surface area (Å²) in [5.41, 5.74) is -3.81. The topological polar surface area (TPSA) is 36.1 Å². The molecule has 0 radical (unpaired) electrons. The Bertz CT molecular complexity index is 4070. The predicted molar refractivity (Wildman–Crippen MR) is 256 cm³/mol. The van der Waals surface area contributed by atoms with E-state index in [9.17, 15) is 26.3 Å². The number of benzene rings is 9. The number of nitrogens with zero attached hydrogens (tertiary/aromatic N) is 2. The molecule has 13 heteroatoms. The highest BCUT2D eigenvalue weighted by atomic mass is 19.4. The molecule has 0 spiro atoms. The second kappa shape index (κ2) is 14.5. The molecule has 4 nitrogen and oxygen atoms in total. The van der Waals surface area contributed by atoms with Crippen LogP contribution < -0.4 is 0 Å². The van der Waals surface area contributed by atoms with Crippen LogP contribution in [0.3, 0.4) is 0 Å². The Balaban J connectivity index is 1.32. The van der Waals surface area contributed by atoms with Crippen LogP contribution in [0.1, 0.15) is 16.7 Å². The molecule has 0 unspecified atom stereocenters. The van der Waals surface area contributed by atoms with Gasteiger partial charge >= 0.3 is 18.5 Å². The molecule has 0 aliphatic rings. The second-order valence-corrected chi connectivity index (χ2v) is 17.3. The van der Waals surface area contributed by atoms with Crippen molar-refractivity contribution in [1.29, 1.82) is 0 Å². The van der Waals surface area contributed by atoms with Gasteiger partial charge in [0.1, 0.15) is 11.2 Å². The summed E-state index contributed by atoms with van der Waals surface area (Å²) >= 11 is 0. The number of furan rings is 2. The Hall–Kier alpha value is -8.45. The van der Waals surface area contributed by atoms with Crippen molar-refractivity contribution >= 4 is 87.5 Å². The minimum atomic E-state index is -5.45. The van der Waals surface area contributed by atoms with Crippen LogP contribution in [0, 0.1) is 0 Å². The summed E-state index contributed by atoms with van der Waals surface area (Å²) in [6.07, 6.45) is -15.4. The van der Waals surface area contributed by atoms with E-state index in [0.29, 0.717) is 99.6 Å². The SMILES string of the molecule is FC(F)(F)c1cccc(-c2c(-n3c4ccccc4c4ccc5c6ccccc6oc5c43)cc(-n3c4ccccc4c4ccc5c6ccccc6oc5c43)c(-c3cccc(C(F)(F)F)c3)c2C(F)(F)F)c1. The number of fused-ring (bicyclic) bond motifs is 14. The molecule has 0 atom stereocenters. The van der Waals surface area contributed by atoms with Crippen molar-refractivity contribution in [1.82, 2.24) is 9.13 Å². The third-order valence-electron chi connectivity index (χ3n) is 13.4. The highest BCUT2D eigenvalue weighted by molar-refractivity contribution is 6.23. The maximum absolute atomic E-state index is 17.1. The lowest BCUT2D eigenvalue weighted by Crippen LogP contribution is -2.16. The average Bonchev–Trinajstić information content (AvgIpc) is 4.10. The first-order chi connectivity index (χ1) is 33.6. The molecule has 0 fully saturated rings. The van der Waals surface area contributed by atoms with Crippen LogP contribution in [-0.2, 0) is 18.5 Å². The van der Waals surface area contributed by atoms with Gasteiger partial charge in [0.15, 0.2) is 11.2 Å². The van der Waals surface area contributed by atoms with Gasteiger partial charge in [-0.1, -0.05) is 109 Å². The van der Waals surface area contributed by atoms with Crippen LogP contribution in [0.15, 0.2) is 185 Å². The molecule has 13 rings (SSSR count). The molecular formula is C57H29F9N2O2. The van der Waals surface area contributed by atoms with Gasteiger partial charge < -0.3 is 18.0 Å². The molecule has 4 heterocycles. The molecule has 9 aromatic carbocycles. The molecular weight excluding hydrogens is 916 g/mol. The number of hydrogen-bond acceptors (Lipinski definition) is 2. The second-order valence-electron chi connectivity index (χ2n) is 17.3. The first-order valence-electron chi connectivity index (χ1n) is 22.0. The van der Waals surface area contributed by atoms with Gasteiger partial charge in [0.05, 0.1) is 50.1 Å². The lowest BCUT2D eigenvalue weighted by molar-refractivity contribution is -0.138. The standard InChI is InChI=1S/C57H29F9N2O2/c58-55(59,60)32-13-9-11-30(27-32)48-44(67-42-19-5-1-15-34(42)38-23-25-40-36-17-3-7-21-46(36)69-53(40)51(38)67)29-45(49(50(48)57(64,65)66)31-12-10-14-33(28-31)56(61,62)63)68-43-20-6-2-16-35(43)39-24-26-41-37-18-4-8-22-47(37)70-54(41)52(39)68/h1-29H. The van der Waals surface area contributed by atoms with Gasteiger partial charge in [-0.15, -0.1) is 0 Å². The predicted octanol–water partition coefficient (Wildman–Crippen LogP) is 18.1. The summed E-state index contributed by atoms with van der Waals surface area (Å²) in [6.45, 7) is 0. The van der Waals surface area contributed by atoms with E-state index in [1.54, 1.807) is 81.9 Å². The van der Waals surface area contributed by atoms with Crippen molar-refractivity contribution in [3.63, 3.8) is 0 Å². The number of hydrogen-bond donors (Lipinski definition) is 0. The summed E-state index contributed by atoms with van der Waals surface area (Å²) in [5.74, 6) is 0. The summed E-state index contributed by atoms with van der Waals surface area (Å²) in [7, 11) is 0. The van der Waals surface area contributed by atoms with E-state index in [1.165, 1.54) is 6.07 Å². The van der Waals surface area contributed by atoms with Crippen LogP contribution in [0.2, 0.25) is 0 Å². The first-order valence-corrected chi connectivity index (χ1v) is 22.0. The van der Waals surface area contributed by atoms with Crippen molar-refractivity contribution in [3.8, 4) is 33.6 Å². The van der Waals surface area contributed by atoms with Gasteiger partial charge in [0, 0.05) is 54.2 Å². The minimum absolute atomic E-state index is 0.223. The maximum Gasteiger partial charge on any atom is 0.417 e. The third kappa shape index (κ3) is 6.06. The smallest absolute Gasteiger partial charge is 0.417 e. The van der Waals surface area contributed by atoms with Gasteiger partial charge in [-0.05, 0) is 77.9 Å². The Morgan fingerprint density at radius 1 is 0.329 bits per heavy atom. The zero-order valence-corrected chi connectivity index (χ0v) is 35.9. The fourth-order valence-corrected chi connectivity index (χ4v) is 10.5. The zero-order valence-electron chi connectivity index (χ0n) is 35.9. The summed E-state index contributed by atoms with van der Waals surface area (Å²) < 4.78 is 156. The van der Waals surface area contributed by atoms with E-state index < -0.39 is 57.5 Å². The Morgan fingerprint density at radius 2 is 0.714 bits per heavy atom. The maximum atomic E-state index is 17.1. The van der Waals surface area contributed by atoms with Crippen molar-refractivity contribution in [2.45, 2.75) is 18.5 Å². The van der Waals surface area contributed by atoms with Crippen LogP contribution >= 0.6 is 0 Å². The summed E-state index contributed by atoms with van der Waals surface area (Å²) in [4.78, 5) is 0. The van der Waals surface area contributed by atoms with Crippen LogP contribution in [0.4, 0.5) is 39.5 Å².